The molecule has 0 fully saturated rings. The summed E-state index contributed by atoms with van der Waals surface area (Å²) in [5, 5.41) is 20.9. The second-order valence-corrected chi connectivity index (χ2v) is 5.07. The standard InChI is InChI=1S/C16H14ClN5/c1-2-3-4-11-5-7-12(8-6-11)20-16-15(17)21-13(9-18)14(10-19)22-16/h5-8H,2-4H2,1H3,(H,20,22). The largest absolute Gasteiger partial charge is 0.338 e. The highest BCUT2D eigenvalue weighted by Gasteiger charge is 2.12. The Labute approximate surface area is 134 Å². The number of unbranched alkanes of at least 4 members (excludes halogenated alkanes) is 1. The summed E-state index contributed by atoms with van der Waals surface area (Å²) in [6.07, 6.45) is 3.37. The summed E-state index contributed by atoms with van der Waals surface area (Å²) in [7, 11) is 0. The highest BCUT2D eigenvalue weighted by atomic mass is 35.5. The van der Waals surface area contributed by atoms with Crippen LogP contribution in [0.25, 0.3) is 0 Å². The van der Waals surface area contributed by atoms with Gasteiger partial charge in [0.05, 0.1) is 0 Å². The van der Waals surface area contributed by atoms with E-state index in [2.05, 4.69) is 22.2 Å². The Morgan fingerprint density at radius 2 is 1.73 bits per heavy atom. The van der Waals surface area contributed by atoms with Crippen LogP contribution in [0.2, 0.25) is 5.15 Å². The van der Waals surface area contributed by atoms with Crippen molar-refractivity contribution in [1.82, 2.24) is 9.97 Å². The summed E-state index contributed by atoms with van der Waals surface area (Å²) in [6.45, 7) is 2.16. The fourth-order valence-corrected chi connectivity index (χ4v) is 2.10. The van der Waals surface area contributed by atoms with Crippen LogP contribution in [-0.4, -0.2) is 9.97 Å². The fourth-order valence-electron chi connectivity index (χ4n) is 1.92. The van der Waals surface area contributed by atoms with Gasteiger partial charge in [0.1, 0.15) is 12.1 Å². The number of aryl methyl sites for hydroxylation is 1. The third kappa shape index (κ3) is 3.72. The number of halogens is 1. The highest BCUT2D eigenvalue weighted by Crippen LogP contribution is 2.23. The lowest BCUT2D eigenvalue weighted by molar-refractivity contribution is 0.795. The van der Waals surface area contributed by atoms with Crippen molar-refractivity contribution in [3.63, 3.8) is 0 Å². The normalized spacial score (nSPS) is 9.82. The number of benzene rings is 1. The molecule has 0 saturated carbocycles. The van der Waals surface area contributed by atoms with E-state index in [0.29, 0.717) is 0 Å². The minimum absolute atomic E-state index is 0.0473. The topological polar surface area (TPSA) is 85.4 Å². The molecule has 6 heteroatoms. The van der Waals surface area contributed by atoms with E-state index in [1.165, 1.54) is 5.56 Å². The van der Waals surface area contributed by atoms with E-state index in [0.717, 1.165) is 24.9 Å². The van der Waals surface area contributed by atoms with Gasteiger partial charge in [0, 0.05) is 5.69 Å². The second-order valence-electron chi connectivity index (χ2n) is 4.71. The van der Waals surface area contributed by atoms with Crippen molar-refractivity contribution in [3.05, 3.63) is 46.4 Å². The van der Waals surface area contributed by atoms with Crippen LogP contribution in [-0.2, 0) is 6.42 Å². The van der Waals surface area contributed by atoms with Gasteiger partial charge in [-0.05, 0) is 30.5 Å². The number of aromatic nitrogens is 2. The molecule has 5 nitrogen and oxygen atoms in total. The van der Waals surface area contributed by atoms with Gasteiger partial charge in [0.25, 0.3) is 0 Å². The number of nitrogens with one attached hydrogen (secondary N) is 1. The lowest BCUT2D eigenvalue weighted by atomic mass is 10.1. The van der Waals surface area contributed by atoms with Gasteiger partial charge in [0.15, 0.2) is 22.4 Å². The van der Waals surface area contributed by atoms with E-state index in [-0.39, 0.29) is 22.4 Å². The first kappa shape index (κ1) is 15.8. The molecule has 110 valence electrons. The lowest BCUT2D eigenvalue weighted by Crippen LogP contribution is -2.02. The minimum Gasteiger partial charge on any atom is -0.338 e. The number of rotatable bonds is 5. The summed E-state index contributed by atoms with van der Waals surface area (Å²) >= 11 is 5.99. The molecule has 1 aromatic heterocycles. The van der Waals surface area contributed by atoms with Gasteiger partial charge in [-0.3, -0.25) is 0 Å². The van der Waals surface area contributed by atoms with E-state index in [4.69, 9.17) is 22.1 Å². The Balaban J connectivity index is 2.20. The molecule has 1 N–H and O–H groups in total. The van der Waals surface area contributed by atoms with Crippen LogP contribution < -0.4 is 5.32 Å². The smallest absolute Gasteiger partial charge is 0.179 e. The molecule has 0 radical (unpaired) electrons. The van der Waals surface area contributed by atoms with Crippen LogP contribution in [0.1, 0.15) is 36.7 Å². The SMILES string of the molecule is CCCCc1ccc(Nc2nc(C#N)c(C#N)nc2Cl)cc1. The summed E-state index contributed by atoms with van der Waals surface area (Å²) in [6, 6.07) is 11.6. The molecule has 0 aliphatic carbocycles. The number of nitriles is 2. The van der Waals surface area contributed by atoms with Crippen molar-refractivity contribution in [2.24, 2.45) is 0 Å². The molecule has 0 spiro atoms. The molecule has 0 atom stereocenters. The van der Waals surface area contributed by atoms with Crippen molar-refractivity contribution >= 4 is 23.1 Å². The number of hydrogen-bond acceptors (Lipinski definition) is 5. The van der Waals surface area contributed by atoms with E-state index in [1.54, 1.807) is 6.07 Å². The first-order chi connectivity index (χ1) is 10.7. The van der Waals surface area contributed by atoms with Crippen molar-refractivity contribution in [2.75, 3.05) is 5.32 Å². The first-order valence-electron chi connectivity index (χ1n) is 6.91. The van der Waals surface area contributed by atoms with Gasteiger partial charge >= 0.3 is 0 Å². The molecule has 2 rings (SSSR count). The summed E-state index contributed by atoms with van der Waals surface area (Å²) in [5.41, 5.74) is 1.94. The van der Waals surface area contributed by atoms with Gasteiger partial charge in [-0.1, -0.05) is 37.1 Å². The Hall–Kier alpha value is -2.63. The molecule has 1 heterocycles. The van der Waals surface area contributed by atoms with Crippen molar-refractivity contribution in [2.45, 2.75) is 26.2 Å². The van der Waals surface area contributed by atoms with Crippen molar-refractivity contribution < 1.29 is 0 Å². The summed E-state index contributed by atoms with van der Waals surface area (Å²) in [5.74, 6) is 0.263. The molecule has 0 unspecified atom stereocenters. The van der Waals surface area contributed by atoms with Crippen molar-refractivity contribution in [3.8, 4) is 12.1 Å². The molecule has 22 heavy (non-hydrogen) atoms. The lowest BCUT2D eigenvalue weighted by Gasteiger charge is -2.08. The quantitative estimate of drug-likeness (QED) is 0.903. The Morgan fingerprint density at radius 3 is 2.32 bits per heavy atom. The van der Waals surface area contributed by atoms with Gasteiger partial charge in [0.2, 0.25) is 0 Å². The van der Waals surface area contributed by atoms with Crippen molar-refractivity contribution in [1.29, 1.82) is 10.5 Å². The Bertz CT molecular complexity index is 741. The van der Waals surface area contributed by atoms with Gasteiger partial charge in [-0.25, -0.2) is 9.97 Å². The average Bonchev–Trinajstić information content (AvgIpc) is 2.55. The predicted molar refractivity (Wildman–Crippen MR) is 84.8 cm³/mol. The van der Waals surface area contributed by atoms with Gasteiger partial charge in [-0.15, -0.1) is 0 Å². The zero-order valence-electron chi connectivity index (χ0n) is 12.1. The second kappa shape index (κ2) is 7.40. The monoisotopic (exact) mass is 311 g/mol. The minimum atomic E-state index is -0.0760. The highest BCUT2D eigenvalue weighted by molar-refractivity contribution is 6.31. The molecule has 0 saturated heterocycles. The van der Waals surface area contributed by atoms with E-state index in [9.17, 15) is 0 Å². The maximum atomic E-state index is 8.98. The number of nitrogens with zero attached hydrogens (tertiary/aromatic N) is 4. The molecule has 1 aromatic carbocycles. The van der Waals surface area contributed by atoms with E-state index in [1.807, 2.05) is 30.3 Å². The summed E-state index contributed by atoms with van der Waals surface area (Å²) < 4.78 is 0. The fraction of sp³-hybridized carbons (Fsp3) is 0.250. The molecular formula is C16H14ClN5. The van der Waals surface area contributed by atoms with Crippen LogP contribution in [0.15, 0.2) is 24.3 Å². The molecule has 2 aromatic rings. The first-order valence-corrected chi connectivity index (χ1v) is 7.29. The Kier molecular flexibility index (Phi) is 5.30. The maximum Gasteiger partial charge on any atom is 0.179 e. The predicted octanol–water partition coefficient (Wildman–Crippen LogP) is 3.96. The molecule has 0 amide bonds. The zero-order chi connectivity index (χ0) is 15.9. The van der Waals surface area contributed by atoms with Crippen LogP contribution in [0.4, 0.5) is 11.5 Å². The summed E-state index contributed by atoms with van der Waals surface area (Å²) in [4.78, 5) is 7.91. The van der Waals surface area contributed by atoms with E-state index < -0.39 is 0 Å². The molecule has 0 aliphatic heterocycles. The van der Waals surface area contributed by atoms with E-state index >= 15 is 0 Å². The molecule has 0 aliphatic rings. The number of hydrogen-bond donors (Lipinski definition) is 1. The van der Waals surface area contributed by atoms with Crippen LogP contribution in [0.5, 0.6) is 0 Å². The third-order valence-corrected chi connectivity index (χ3v) is 3.36. The molecular weight excluding hydrogens is 298 g/mol. The third-order valence-electron chi connectivity index (χ3n) is 3.10. The van der Waals surface area contributed by atoms with Crippen LogP contribution in [0.3, 0.4) is 0 Å². The number of anilines is 2. The maximum absolute atomic E-state index is 8.98. The molecule has 0 bridgehead atoms. The van der Waals surface area contributed by atoms with Crippen LogP contribution >= 0.6 is 11.6 Å². The zero-order valence-corrected chi connectivity index (χ0v) is 12.9. The van der Waals surface area contributed by atoms with Gasteiger partial charge in [-0.2, -0.15) is 10.5 Å². The van der Waals surface area contributed by atoms with Gasteiger partial charge < -0.3 is 5.32 Å². The average molecular weight is 312 g/mol. The Morgan fingerprint density at radius 1 is 1.09 bits per heavy atom. The van der Waals surface area contributed by atoms with Crippen LogP contribution in [0, 0.1) is 22.7 Å².